The highest BCUT2D eigenvalue weighted by Crippen LogP contribution is 2.49. The summed E-state index contributed by atoms with van der Waals surface area (Å²) in [6.07, 6.45) is 2.71. The Kier molecular flexibility index (Phi) is 29.6. The number of aliphatic hydroxyl groups is 1. The van der Waals surface area contributed by atoms with Gasteiger partial charge in [0.25, 0.3) is 0 Å². The van der Waals surface area contributed by atoms with E-state index in [4.69, 9.17) is 50.5 Å². The average molecular weight is 1350 g/mol. The standard InChI is InChI=1S/C67H98ClN9O18/c1-14-45(15-2)62(84)91-32-18-16-17-24-53(78)73-57(39(3)4)60(82)72-47(22-20-30-70-63(69)85)59(81)71-46-27-25-43(26-28-46)38-92-65(87)75(9)31-29-54(79)76(10)42(7)61(83)94-52-36-55(80)77(11)48-34-44(35-49(89-12)56(48)68)33-40(5)21-19-23-51(90-13)67(88)37-50(93-64(86)74-67)41(6)58-66(52,8)95-58/h19,21,23,25-28,34-35,39,41-42,45,47,50-52,57-58,88H,14-18,20,22,24,29-33,36-38H2,1-13H3,(H,71,81)(H,72,82)(H,73,78)(H,74,86)(H3,69,70,85)/b23-19+,40-21+/t41-,42+,47+,50+,51-,52-,57+,58+,66+,67+/m1/s1. The van der Waals surface area contributed by atoms with Crippen LogP contribution in [0.1, 0.15) is 137 Å². The molecule has 0 unspecified atom stereocenters. The lowest BCUT2D eigenvalue weighted by Crippen LogP contribution is -2.63. The first-order valence-electron chi connectivity index (χ1n) is 32.3. The number of urea groups is 1. The summed E-state index contributed by atoms with van der Waals surface area (Å²) in [5.74, 6) is -4.48. The van der Waals surface area contributed by atoms with Gasteiger partial charge in [-0.05, 0) is 113 Å². The summed E-state index contributed by atoms with van der Waals surface area (Å²) in [5.41, 5.74) is 4.79. The molecule has 2 fully saturated rings. The maximum atomic E-state index is 14.5. The molecular weight excluding hydrogens is 1250 g/mol. The number of primary amides is 1. The molecule has 0 radical (unpaired) electrons. The lowest BCUT2D eigenvalue weighted by molar-refractivity contribution is -0.162. The average Bonchev–Trinajstić information content (AvgIpc) is 1.58. The topological polar surface area (TPSA) is 355 Å². The van der Waals surface area contributed by atoms with E-state index < -0.39 is 114 Å². The smallest absolute Gasteiger partial charge is 0.409 e. The molecule has 10 atom stereocenters. The first-order valence-corrected chi connectivity index (χ1v) is 32.7. The number of methoxy groups -OCH3 is 2. The van der Waals surface area contributed by atoms with Crippen molar-refractivity contribution in [3.05, 3.63) is 76.3 Å². The Morgan fingerprint density at radius 1 is 0.926 bits per heavy atom. The quantitative estimate of drug-likeness (QED) is 0.0192. The number of allylic oxidation sites excluding steroid dienone is 3. The van der Waals surface area contributed by atoms with Crippen LogP contribution in [0.5, 0.6) is 5.75 Å². The summed E-state index contributed by atoms with van der Waals surface area (Å²) >= 11 is 6.84. The van der Waals surface area contributed by atoms with Crippen molar-refractivity contribution in [2.75, 3.05) is 65.3 Å². The molecular formula is C67H98ClN9O18. The Bertz CT molecular complexity index is 3090. The number of nitrogens with two attached hydrogens (primary N) is 1. The third kappa shape index (κ3) is 22.3. The zero-order valence-corrected chi connectivity index (χ0v) is 57.7. The lowest BCUT2D eigenvalue weighted by atomic mass is 9.83. The molecule has 526 valence electrons. The van der Waals surface area contributed by atoms with Gasteiger partial charge in [0.2, 0.25) is 29.5 Å². The van der Waals surface area contributed by atoms with E-state index in [2.05, 4.69) is 26.6 Å². The number of likely N-dealkylation sites (N-methyl/N-ethyl adjacent to an activating group) is 1. The van der Waals surface area contributed by atoms with Crippen LogP contribution in [-0.4, -0.2) is 184 Å². The molecule has 0 spiro atoms. The monoisotopic (exact) mass is 1350 g/mol. The molecule has 2 saturated heterocycles. The van der Waals surface area contributed by atoms with Crippen molar-refractivity contribution >= 4 is 82.7 Å². The van der Waals surface area contributed by atoms with Crippen molar-refractivity contribution in [2.24, 2.45) is 23.5 Å². The van der Waals surface area contributed by atoms with Gasteiger partial charge in [-0.15, -0.1) is 0 Å². The van der Waals surface area contributed by atoms with Crippen LogP contribution >= 0.6 is 11.6 Å². The van der Waals surface area contributed by atoms with Gasteiger partial charge in [-0.25, -0.2) is 19.2 Å². The molecule has 4 bridgehead atoms. The van der Waals surface area contributed by atoms with E-state index in [1.165, 1.54) is 52.1 Å². The number of unbranched alkanes of at least 4 members (excludes halogenated alkanes) is 2. The van der Waals surface area contributed by atoms with Gasteiger partial charge in [0, 0.05) is 72.2 Å². The summed E-state index contributed by atoms with van der Waals surface area (Å²) in [6, 6.07) is 5.83. The van der Waals surface area contributed by atoms with Gasteiger partial charge in [0.15, 0.2) is 5.72 Å². The Labute approximate surface area is 561 Å². The number of hydrogen-bond donors (Lipinski definition) is 7. The van der Waals surface area contributed by atoms with Crippen LogP contribution in [0.4, 0.5) is 25.8 Å². The van der Waals surface area contributed by atoms with Gasteiger partial charge >= 0.3 is 30.2 Å². The van der Waals surface area contributed by atoms with Gasteiger partial charge < -0.3 is 80.0 Å². The van der Waals surface area contributed by atoms with Crippen molar-refractivity contribution in [1.29, 1.82) is 0 Å². The summed E-state index contributed by atoms with van der Waals surface area (Å²) < 4.78 is 40.4. The summed E-state index contributed by atoms with van der Waals surface area (Å²) in [6.45, 7) is 14.2. The number of fused-ring (bicyclic) bond motifs is 5. The van der Waals surface area contributed by atoms with Gasteiger partial charge in [0.05, 0.1) is 37.8 Å². The minimum absolute atomic E-state index is 0.0961. The number of alkyl carbamates (subject to hydrolysis) is 1. The van der Waals surface area contributed by atoms with E-state index in [-0.39, 0.29) is 87.1 Å². The number of carbonyl (C=O) groups is 10. The number of nitrogens with one attached hydrogen (secondary N) is 5. The summed E-state index contributed by atoms with van der Waals surface area (Å²) in [5, 5.41) is 25.4. The van der Waals surface area contributed by atoms with Gasteiger partial charge in [0.1, 0.15) is 59.4 Å². The number of esters is 2. The number of ether oxygens (including phenoxy) is 7. The second kappa shape index (κ2) is 36.2. The normalized spacial score (nSPS) is 22.9. The highest BCUT2D eigenvalue weighted by molar-refractivity contribution is 6.35. The number of carbonyl (C=O) groups excluding carboxylic acids is 10. The molecule has 9 amide bonds. The molecule has 27 nitrogen and oxygen atoms in total. The highest BCUT2D eigenvalue weighted by atomic mass is 35.5. The fourth-order valence-corrected chi connectivity index (χ4v) is 11.5. The molecule has 3 heterocycles. The number of rotatable bonds is 29. The van der Waals surface area contributed by atoms with Crippen molar-refractivity contribution in [3.8, 4) is 5.75 Å². The van der Waals surface area contributed by atoms with E-state index >= 15 is 0 Å². The summed E-state index contributed by atoms with van der Waals surface area (Å²) in [4.78, 5) is 136. The van der Waals surface area contributed by atoms with Crippen LogP contribution in [0, 0.1) is 17.8 Å². The molecule has 28 heteroatoms. The molecule has 2 aromatic carbocycles. The maximum absolute atomic E-state index is 14.5. The molecule has 3 aliphatic heterocycles. The molecule has 5 rings (SSSR count). The minimum Gasteiger partial charge on any atom is -0.495 e. The minimum atomic E-state index is -1.91. The van der Waals surface area contributed by atoms with Crippen molar-refractivity contribution in [3.63, 3.8) is 0 Å². The second-order valence-corrected chi connectivity index (χ2v) is 25.5. The van der Waals surface area contributed by atoms with Gasteiger partial charge in [-0.2, -0.15) is 0 Å². The second-order valence-electron chi connectivity index (χ2n) is 25.1. The molecule has 0 aliphatic carbocycles. The maximum Gasteiger partial charge on any atom is 0.409 e. The lowest BCUT2D eigenvalue weighted by Gasteiger charge is -2.42. The molecule has 0 saturated carbocycles. The zero-order valence-electron chi connectivity index (χ0n) is 57.0. The van der Waals surface area contributed by atoms with E-state index in [1.54, 1.807) is 76.2 Å². The van der Waals surface area contributed by atoms with Crippen LogP contribution in [0.3, 0.4) is 0 Å². The highest BCUT2D eigenvalue weighted by Gasteiger charge is 2.64. The Morgan fingerprint density at radius 3 is 2.26 bits per heavy atom. The third-order valence-electron chi connectivity index (χ3n) is 17.6. The van der Waals surface area contributed by atoms with Crippen LogP contribution < -0.4 is 42.0 Å². The largest absolute Gasteiger partial charge is 0.495 e. The van der Waals surface area contributed by atoms with E-state index in [0.29, 0.717) is 61.2 Å². The summed E-state index contributed by atoms with van der Waals surface area (Å²) in [7, 11) is 7.21. The van der Waals surface area contributed by atoms with Gasteiger partial charge in [-0.3, -0.25) is 34.1 Å². The van der Waals surface area contributed by atoms with Crippen molar-refractivity contribution in [2.45, 2.75) is 193 Å². The van der Waals surface area contributed by atoms with Crippen molar-refractivity contribution in [1.82, 2.24) is 31.1 Å². The van der Waals surface area contributed by atoms with E-state index in [0.717, 1.165) is 16.0 Å². The number of hydrogen-bond acceptors (Lipinski definition) is 18. The van der Waals surface area contributed by atoms with E-state index in [1.807, 2.05) is 26.8 Å². The number of benzene rings is 2. The number of halogens is 1. The Balaban J connectivity index is 1.18. The number of amides is 9. The molecule has 95 heavy (non-hydrogen) atoms. The zero-order chi connectivity index (χ0) is 70.5. The first-order chi connectivity index (χ1) is 44.9. The molecule has 8 N–H and O–H groups in total. The third-order valence-corrected chi connectivity index (χ3v) is 17.9. The van der Waals surface area contributed by atoms with E-state index in [9.17, 15) is 53.1 Å². The predicted octanol–water partition coefficient (Wildman–Crippen LogP) is 6.73. The Hall–Kier alpha value is -8.01. The molecule has 0 aromatic heterocycles. The number of anilines is 2. The first kappa shape index (κ1) is 77.7. The fraction of sp³-hybridized carbons (Fsp3) is 0.612. The SMILES string of the molecule is CCC(CC)C(=O)OCCCCCC(=O)N[C@H](C(=O)N[C@@H](CCCNC(N)=O)C(=O)Nc1ccc(COC(=O)N(C)CCC(=O)N(C)[C@@H](C)C(=O)O[C@@H]2CC(=O)N(C)c3cc(cc(OC)c3Cl)C/C(C)=C/C=C/[C@@H](OC)[C@@]3(O)C[C@H](OC(=O)N3)[C@@H](C)[C@@H]3O[C@@]23C)cc1)C(C)C. The van der Waals surface area contributed by atoms with Crippen LogP contribution in [0.25, 0.3) is 0 Å². The van der Waals surface area contributed by atoms with Crippen LogP contribution in [0.15, 0.2) is 60.2 Å². The number of epoxide rings is 1. The molecule has 2 aromatic rings. The van der Waals surface area contributed by atoms with Gasteiger partial charge in [-0.1, -0.05) is 82.2 Å². The van der Waals surface area contributed by atoms with Crippen molar-refractivity contribution < 1.29 is 86.2 Å². The predicted molar refractivity (Wildman–Crippen MR) is 352 cm³/mol. The van der Waals surface area contributed by atoms with Crippen LogP contribution in [-0.2, 0) is 75.0 Å². The Morgan fingerprint density at radius 2 is 1.62 bits per heavy atom. The fourth-order valence-electron chi connectivity index (χ4n) is 11.2. The molecule has 3 aliphatic rings. The van der Waals surface area contributed by atoms with Crippen LogP contribution in [0.2, 0.25) is 5.02 Å². The number of nitrogens with zero attached hydrogens (tertiary/aromatic N) is 3.